The molecule has 1 aliphatic rings. The van der Waals surface area contributed by atoms with Gasteiger partial charge in [0.15, 0.2) is 0 Å². The second kappa shape index (κ2) is 6.61. The van der Waals surface area contributed by atoms with Crippen molar-refractivity contribution in [3.8, 4) is 17.2 Å². The van der Waals surface area contributed by atoms with Gasteiger partial charge in [0, 0.05) is 24.1 Å². The van der Waals surface area contributed by atoms with E-state index in [4.69, 9.17) is 14.2 Å². The highest BCUT2D eigenvalue weighted by Gasteiger charge is 2.51. The third-order valence-electron chi connectivity index (χ3n) is 4.21. The fourth-order valence-electron chi connectivity index (χ4n) is 2.77. The van der Waals surface area contributed by atoms with Crippen molar-refractivity contribution in [1.29, 1.82) is 0 Å². The molecule has 2 atom stereocenters. The molecule has 2 rings (SSSR count). The van der Waals surface area contributed by atoms with Gasteiger partial charge in [0.1, 0.15) is 17.2 Å². The van der Waals surface area contributed by atoms with Crippen molar-refractivity contribution in [3.63, 3.8) is 0 Å². The van der Waals surface area contributed by atoms with Gasteiger partial charge in [-0.3, -0.25) is 0 Å². The maximum absolute atomic E-state index is 9.70. The predicted octanol–water partition coefficient (Wildman–Crippen LogP) is 3.86. The molecular weight excluding hydrogens is 280 g/mol. The minimum atomic E-state index is -0.0835. The van der Waals surface area contributed by atoms with E-state index in [0.29, 0.717) is 11.5 Å². The lowest BCUT2D eigenvalue weighted by Crippen LogP contribution is -2.12. The van der Waals surface area contributed by atoms with E-state index in [1.807, 2.05) is 0 Å². The molecule has 1 aromatic carbocycles. The summed E-state index contributed by atoms with van der Waals surface area (Å²) in [5, 5.41) is 9.70. The molecule has 1 heterocycles. The number of allylic oxidation sites excluding steroid dienone is 2. The third-order valence-corrected chi connectivity index (χ3v) is 4.21. The molecule has 0 radical (unpaired) electrons. The largest absolute Gasteiger partial charge is 0.508 e. The zero-order chi connectivity index (χ0) is 16.3. The van der Waals surface area contributed by atoms with Gasteiger partial charge in [-0.15, -0.1) is 0 Å². The number of epoxide rings is 1. The van der Waals surface area contributed by atoms with E-state index >= 15 is 0 Å². The van der Waals surface area contributed by atoms with E-state index in [2.05, 4.69) is 26.8 Å². The van der Waals surface area contributed by atoms with Crippen molar-refractivity contribution in [3.05, 3.63) is 29.3 Å². The van der Waals surface area contributed by atoms with Gasteiger partial charge in [0.05, 0.1) is 25.9 Å². The molecule has 122 valence electrons. The molecule has 0 amide bonds. The highest BCUT2D eigenvalue weighted by Crippen LogP contribution is 2.45. The van der Waals surface area contributed by atoms with Crippen LogP contribution in [-0.4, -0.2) is 31.0 Å². The normalized spacial score (nSPS) is 23.0. The van der Waals surface area contributed by atoms with Crippen LogP contribution in [0.5, 0.6) is 17.2 Å². The number of phenolic OH excluding ortho intramolecular Hbond substituents is 1. The summed E-state index contributed by atoms with van der Waals surface area (Å²) in [6, 6.07) is 3.22. The smallest absolute Gasteiger partial charge is 0.129 e. The molecule has 1 N–H and O–H groups in total. The quantitative estimate of drug-likeness (QED) is 0.614. The van der Waals surface area contributed by atoms with E-state index in [9.17, 15) is 5.11 Å². The van der Waals surface area contributed by atoms with Crippen LogP contribution in [0.1, 0.15) is 39.2 Å². The maximum atomic E-state index is 9.70. The Morgan fingerprint density at radius 1 is 1.27 bits per heavy atom. The van der Waals surface area contributed by atoms with Crippen LogP contribution >= 0.6 is 0 Å². The summed E-state index contributed by atoms with van der Waals surface area (Å²) >= 11 is 0. The lowest BCUT2D eigenvalue weighted by atomic mass is 9.95. The Bertz CT molecular complexity index is 535. The summed E-state index contributed by atoms with van der Waals surface area (Å²) in [6.45, 7) is 6.37. The Morgan fingerprint density at radius 3 is 2.36 bits per heavy atom. The van der Waals surface area contributed by atoms with Crippen molar-refractivity contribution < 1.29 is 19.3 Å². The molecule has 4 heteroatoms. The molecule has 1 saturated heterocycles. The fourth-order valence-corrected chi connectivity index (χ4v) is 2.77. The van der Waals surface area contributed by atoms with Crippen molar-refractivity contribution in [2.75, 3.05) is 14.2 Å². The van der Waals surface area contributed by atoms with Crippen LogP contribution in [0.25, 0.3) is 0 Å². The molecule has 0 bridgehead atoms. The minimum absolute atomic E-state index is 0.0835. The van der Waals surface area contributed by atoms with Crippen LogP contribution in [-0.2, 0) is 11.2 Å². The first-order valence-electron chi connectivity index (χ1n) is 7.64. The topological polar surface area (TPSA) is 51.2 Å². The molecular formula is C18H26O4. The van der Waals surface area contributed by atoms with Crippen LogP contribution in [0.4, 0.5) is 0 Å². The first kappa shape index (κ1) is 16.7. The Balaban J connectivity index is 2.08. The van der Waals surface area contributed by atoms with E-state index in [1.165, 1.54) is 5.57 Å². The van der Waals surface area contributed by atoms with Gasteiger partial charge in [-0.2, -0.15) is 0 Å². The van der Waals surface area contributed by atoms with E-state index in [1.54, 1.807) is 26.4 Å². The maximum Gasteiger partial charge on any atom is 0.129 e. The minimum Gasteiger partial charge on any atom is -0.508 e. The lowest BCUT2D eigenvalue weighted by molar-refractivity contribution is 0.296. The van der Waals surface area contributed by atoms with E-state index < -0.39 is 0 Å². The van der Waals surface area contributed by atoms with Gasteiger partial charge in [-0.1, -0.05) is 11.6 Å². The molecule has 0 spiro atoms. The Hall–Kier alpha value is -1.68. The van der Waals surface area contributed by atoms with Crippen LogP contribution in [0.15, 0.2) is 23.8 Å². The number of hydrogen-bond donors (Lipinski definition) is 1. The average molecular weight is 306 g/mol. The molecule has 0 saturated carbocycles. The molecule has 22 heavy (non-hydrogen) atoms. The van der Waals surface area contributed by atoms with Crippen LogP contribution in [0, 0.1) is 0 Å². The van der Waals surface area contributed by atoms with Crippen LogP contribution in [0.3, 0.4) is 0 Å². The van der Waals surface area contributed by atoms with E-state index in [-0.39, 0.29) is 17.5 Å². The summed E-state index contributed by atoms with van der Waals surface area (Å²) in [5.41, 5.74) is 2.20. The van der Waals surface area contributed by atoms with Gasteiger partial charge in [-0.05, 0) is 33.6 Å². The second-order valence-corrected chi connectivity index (χ2v) is 6.27. The van der Waals surface area contributed by atoms with Crippen molar-refractivity contribution >= 4 is 0 Å². The number of hydrogen-bond acceptors (Lipinski definition) is 4. The van der Waals surface area contributed by atoms with Crippen LogP contribution in [0.2, 0.25) is 0 Å². The van der Waals surface area contributed by atoms with Crippen molar-refractivity contribution in [1.82, 2.24) is 0 Å². The molecule has 2 unspecified atom stereocenters. The number of benzene rings is 1. The molecule has 0 aromatic heterocycles. The molecule has 0 aliphatic carbocycles. The molecule has 1 fully saturated rings. The Labute approximate surface area is 132 Å². The van der Waals surface area contributed by atoms with Crippen molar-refractivity contribution in [2.24, 2.45) is 0 Å². The standard InChI is InChI=1S/C18H26O4/c1-12(2)7-6-8-18(3)17(22-18)11-14-15(20-4)9-13(19)10-16(14)21-5/h7,9-10,17,19H,6,8,11H2,1-5H3. The summed E-state index contributed by atoms with van der Waals surface area (Å²) in [4.78, 5) is 0. The third kappa shape index (κ3) is 3.74. The fraction of sp³-hybridized carbons (Fsp3) is 0.556. The second-order valence-electron chi connectivity index (χ2n) is 6.27. The number of methoxy groups -OCH3 is 2. The van der Waals surface area contributed by atoms with Gasteiger partial charge >= 0.3 is 0 Å². The van der Waals surface area contributed by atoms with Gasteiger partial charge < -0.3 is 19.3 Å². The van der Waals surface area contributed by atoms with Crippen molar-refractivity contribution in [2.45, 2.75) is 51.7 Å². The highest BCUT2D eigenvalue weighted by molar-refractivity contribution is 5.51. The number of ether oxygens (including phenoxy) is 3. The van der Waals surface area contributed by atoms with Gasteiger partial charge in [0.25, 0.3) is 0 Å². The molecule has 4 nitrogen and oxygen atoms in total. The molecule has 1 aromatic rings. The average Bonchev–Trinajstić information content (AvgIpc) is 3.09. The molecule has 1 aliphatic heterocycles. The summed E-state index contributed by atoms with van der Waals surface area (Å²) in [6.07, 6.45) is 5.15. The summed E-state index contributed by atoms with van der Waals surface area (Å²) in [5.74, 6) is 1.42. The summed E-state index contributed by atoms with van der Waals surface area (Å²) in [7, 11) is 3.19. The lowest BCUT2D eigenvalue weighted by Gasteiger charge is -2.13. The number of rotatable bonds is 7. The zero-order valence-electron chi connectivity index (χ0n) is 14.1. The SMILES string of the molecule is COc1cc(O)cc(OC)c1CC1OC1(C)CCC=C(C)C. The predicted molar refractivity (Wildman–Crippen MR) is 86.9 cm³/mol. The number of aromatic hydroxyl groups is 1. The number of phenols is 1. The zero-order valence-corrected chi connectivity index (χ0v) is 14.1. The first-order chi connectivity index (χ1) is 10.4. The first-order valence-corrected chi connectivity index (χ1v) is 7.64. The highest BCUT2D eigenvalue weighted by atomic mass is 16.6. The van der Waals surface area contributed by atoms with Gasteiger partial charge in [0.2, 0.25) is 0 Å². The summed E-state index contributed by atoms with van der Waals surface area (Å²) < 4.78 is 16.7. The Morgan fingerprint density at radius 2 is 1.86 bits per heavy atom. The van der Waals surface area contributed by atoms with Gasteiger partial charge in [-0.25, -0.2) is 0 Å². The Kier molecular flexibility index (Phi) is 5.01. The van der Waals surface area contributed by atoms with E-state index in [0.717, 1.165) is 24.8 Å². The van der Waals surface area contributed by atoms with Crippen LogP contribution < -0.4 is 9.47 Å². The monoisotopic (exact) mass is 306 g/mol.